The maximum Gasteiger partial charge on any atom is 0.264 e. The van der Waals surface area contributed by atoms with E-state index in [0.29, 0.717) is 22.6 Å². The molecule has 1 aliphatic rings. The average molecular weight is 495 g/mol. The molecule has 0 atom stereocenters. The van der Waals surface area contributed by atoms with Gasteiger partial charge in [-0.05, 0) is 43.7 Å². The van der Waals surface area contributed by atoms with E-state index in [4.69, 9.17) is 13.1 Å². The second-order valence-corrected chi connectivity index (χ2v) is 11.3. The lowest BCUT2D eigenvalue weighted by molar-refractivity contribution is 0.157. The van der Waals surface area contributed by atoms with Gasteiger partial charge in [0, 0.05) is 23.4 Å². The molecule has 10 nitrogen and oxygen atoms in total. The lowest BCUT2D eigenvalue weighted by atomic mass is 9.97. The van der Waals surface area contributed by atoms with Crippen LogP contribution in [0.5, 0.6) is 5.75 Å². The van der Waals surface area contributed by atoms with Crippen molar-refractivity contribution in [2.75, 3.05) is 12.5 Å². The first-order chi connectivity index (χ1) is 15.2. The predicted molar refractivity (Wildman–Crippen MR) is 119 cm³/mol. The van der Waals surface area contributed by atoms with Crippen LogP contribution >= 0.6 is 0 Å². The molecular formula is C21H22N2O8S2. The highest BCUT2D eigenvalue weighted by Gasteiger charge is 2.28. The fourth-order valence-corrected chi connectivity index (χ4v) is 3.90. The van der Waals surface area contributed by atoms with E-state index < -0.39 is 44.6 Å². The lowest BCUT2D eigenvalue weighted by Gasteiger charge is -2.31. The molecule has 0 fully saturated rings. The van der Waals surface area contributed by atoms with E-state index in [1.807, 2.05) is 6.07 Å². The van der Waals surface area contributed by atoms with Gasteiger partial charge in [0.25, 0.3) is 25.8 Å². The fraction of sp³-hybridized carbons (Fsp3) is 0.333. The minimum atomic E-state index is -3.82. The van der Waals surface area contributed by atoms with Crippen molar-refractivity contribution in [2.24, 2.45) is 0 Å². The molecule has 0 N–H and O–H groups in total. The molecule has 0 spiro atoms. The number of benzene rings is 1. The van der Waals surface area contributed by atoms with Crippen molar-refractivity contribution >= 4 is 25.9 Å². The Morgan fingerprint density at radius 1 is 1.03 bits per heavy atom. The zero-order chi connectivity index (χ0) is 24.6. The molecule has 0 saturated heterocycles. The number of pyridine rings is 1. The normalized spacial score (nSPS) is 15.2. The first kappa shape index (κ1) is 24.7. The highest BCUT2D eigenvalue weighted by Crippen LogP contribution is 2.37. The first-order valence-electron chi connectivity index (χ1n) is 9.57. The van der Waals surface area contributed by atoms with Crippen LogP contribution < -0.4 is 10.3 Å². The van der Waals surface area contributed by atoms with Gasteiger partial charge in [-0.1, -0.05) is 0 Å². The second kappa shape index (κ2) is 8.75. The van der Waals surface area contributed by atoms with Crippen molar-refractivity contribution in [1.29, 1.82) is 5.26 Å². The third-order valence-corrected chi connectivity index (χ3v) is 5.68. The van der Waals surface area contributed by atoms with Crippen LogP contribution in [0, 0.1) is 11.3 Å². The van der Waals surface area contributed by atoms with E-state index in [-0.39, 0.29) is 11.1 Å². The van der Waals surface area contributed by atoms with E-state index in [0.717, 1.165) is 18.6 Å². The van der Waals surface area contributed by atoms with E-state index in [1.54, 1.807) is 38.1 Å². The molecule has 0 saturated carbocycles. The number of hydrogen-bond donors (Lipinski definition) is 0. The highest BCUT2D eigenvalue weighted by atomic mass is 32.2. The minimum Gasteiger partial charge on any atom is -0.483 e. The topological polar surface area (TPSA) is 142 Å². The van der Waals surface area contributed by atoms with Gasteiger partial charge < -0.3 is 4.74 Å². The van der Waals surface area contributed by atoms with E-state index in [1.165, 1.54) is 10.8 Å². The van der Waals surface area contributed by atoms with Crippen LogP contribution in [0.1, 0.15) is 36.1 Å². The zero-order valence-corrected chi connectivity index (χ0v) is 20.0. The van der Waals surface area contributed by atoms with Gasteiger partial charge in [-0.2, -0.15) is 22.1 Å². The Labute approximate surface area is 191 Å². The number of hydrogen-bond acceptors (Lipinski definition) is 9. The molecule has 1 aliphatic heterocycles. The summed E-state index contributed by atoms with van der Waals surface area (Å²) in [6.07, 6.45) is 4.80. The molecule has 0 unspecified atom stereocenters. The molecule has 1 aromatic carbocycles. The van der Waals surface area contributed by atoms with Gasteiger partial charge in [0.15, 0.2) is 0 Å². The van der Waals surface area contributed by atoms with E-state index in [2.05, 4.69) is 0 Å². The van der Waals surface area contributed by atoms with Crippen LogP contribution in [0.25, 0.3) is 5.70 Å². The van der Waals surface area contributed by atoms with E-state index in [9.17, 15) is 26.9 Å². The zero-order valence-electron chi connectivity index (χ0n) is 18.4. The third kappa shape index (κ3) is 6.29. The number of nitriles is 1. The molecule has 176 valence electrons. The molecule has 2 aromatic rings. The summed E-state index contributed by atoms with van der Waals surface area (Å²) in [5.74, 6) is 0.460. The van der Waals surface area contributed by atoms with Gasteiger partial charge in [0.2, 0.25) is 0 Å². The largest absolute Gasteiger partial charge is 0.483 e. The highest BCUT2D eigenvalue weighted by molar-refractivity contribution is 7.86. The quantitative estimate of drug-likeness (QED) is 0.526. The maximum atomic E-state index is 13.0. The Morgan fingerprint density at radius 2 is 1.64 bits per heavy atom. The summed E-state index contributed by atoms with van der Waals surface area (Å²) in [7, 11) is -7.64. The number of fused-ring (bicyclic) bond motifs is 1. The van der Waals surface area contributed by atoms with Crippen LogP contribution in [-0.4, -0.2) is 39.5 Å². The molecule has 2 heterocycles. The first-order valence-corrected chi connectivity index (χ1v) is 13.2. The molecule has 3 rings (SSSR count). The summed E-state index contributed by atoms with van der Waals surface area (Å²) >= 11 is 0. The Morgan fingerprint density at radius 3 is 2.21 bits per heavy atom. The summed E-state index contributed by atoms with van der Waals surface area (Å²) in [6.45, 7) is 2.67. The van der Waals surface area contributed by atoms with Crippen molar-refractivity contribution < 1.29 is 29.9 Å². The smallest absolute Gasteiger partial charge is 0.264 e. The molecule has 0 bridgehead atoms. The number of ether oxygens (including phenoxy) is 1. The summed E-state index contributed by atoms with van der Waals surface area (Å²) < 4.78 is 62.8. The average Bonchev–Trinajstić information content (AvgIpc) is 2.68. The van der Waals surface area contributed by atoms with Gasteiger partial charge in [-0.15, -0.1) is 0 Å². The summed E-state index contributed by atoms with van der Waals surface area (Å²) in [4.78, 5) is 13.0. The van der Waals surface area contributed by atoms with Gasteiger partial charge in [-0.3, -0.25) is 17.7 Å². The Kier molecular flexibility index (Phi) is 6.54. The van der Waals surface area contributed by atoms with Crippen LogP contribution in [0.15, 0.2) is 41.3 Å². The van der Waals surface area contributed by atoms with Gasteiger partial charge in [-0.25, -0.2) is 0 Å². The molecule has 0 radical (unpaired) electrons. The SMILES string of the molecule is CC1(C)C=C(n2cc(COS(C)(=O)=O)c(COS(C)(=O)=O)cc2=O)c2cc(C#N)ccc2O1. The molecular weight excluding hydrogens is 472 g/mol. The summed E-state index contributed by atoms with van der Waals surface area (Å²) in [6, 6.07) is 8.01. The Bertz CT molecular complexity index is 1450. The number of rotatable bonds is 7. The summed E-state index contributed by atoms with van der Waals surface area (Å²) in [5, 5.41) is 9.29. The van der Waals surface area contributed by atoms with Gasteiger partial charge >= 0.3 is 0 Å². The Hall–Kier alpha value is -2.98. The van der Waals surface area contributed by atoms with Gasteiger partial charge in [0.1, 0.15) is 11.4 Å². The molecule has 12 heteroatoms. The Balaban J connectivity index is 2.19. The maximum absolute atomic E-state index is 13.0. The van der Waals surface area contributed by atoms with Crippen molar-refractivity contribution in [1.82, 2.24) is 4.57 Å². The lowest BCUT2D eigenvalue weighted by Crippen LogP contribution is -2.32. The van der Waals surface area contributed by atoms with Crippen molar-refractivity contribution in [3.8, 4) is 11.8 Å². The van der Waals surface area contributed by atoms with Crippen LogP contribution in [0.3, 0.4) is 0 Å². The fourth-order valence-electron chi connectivity index (χ4n) is 3.22. The van der Waals surface area contributed by atoms with Crippen molar-refractivity contribution in [3.63, 3.8) is 0 Å². The van der Waals surface area contributed by atoms with Crippen molar-refractivity contribution in [3.05, 3.63) is 69.1 Å². The molecule has 1 aromatic heterocycles. The standard InChI is InChI=1S/C21H22N2O8S2/c1-21(2)9-18(17-7-14(10-22)5-6-19(17)31-21)23-11-16(13-30-33(4,27)28)15(8-20(23)24)12-29-32(3,25)26/h5-9,11H,12-13H2,1-4H3. The second-order valence-electron chi connectivity index (χ2n) is 8.02. The molecule has 0 amide bonds. The molecule has 0 aliphatic carbocycles. The molecule has 33 heavy (non-hydrogen) atoms. The summed E-state index contributed by atoms with van der Waals surface area (Å²) in [5.41, 5.74) is 0.328. The minimum absolute atomic E-state index is 0.156. The van der Waals surface area contributed by atoms with Crippen LogP contribution in [0.4, 0.5) is 0 Å². The number of aromatic nitrogens is 1. The third-order valence-electron chi connectivity index (χ3n) is 4.59. The van der Waals surface area contributed by atoms with E-state index >= 15 is 0 Å². The van der Waals surface area contributed by atoms with Crippen molar-refractivity contribution in [2.45, 2.75) is 32.7 Å². The van der Waals surface area contributed by atoms with Crippen LogP contribution in [0.2, 0.25) is 0 Å². The van der Waals surface area contributed by atoms with Gasteiger partial charge in [0.05, 0.1) is 43.1 Å². The number of nitrogens with zero attached hydrogens (tertiary/aromatic N) is 2. The van der Waals surface area contributed by atoms with Crippen LogP contribution in [-0.2, 0) is 41.8 Å². The monoisotopic (exact) mass is 494 g/mol. The predicted octanol–water partition coefficient (Wildman–Crippen LogP) is 1.73.